The number of carbonyl (C=O) groups is 2. The van der Waals surface area contributed by atoms with Crippen molar-refractivity contribution in [2.45, 2.75) is 33.7 Å². The second-order valence-electron chi connectivity index (χ2n) is 6.92. The zero-order valence-corrected chi connectivity index (χ0v) is 15.8. The van der Waals surface area contributed by atoms with Crippen molar-refractivity contribution in [2.24, 2.45) is 0 Å². The first kappa shape index (κ1) is 18.4. The number of nitrogens with one attached hydrogen (secondary N) is 1. The number of fused-ring (bicyclic) bond motifs is 1. The number of nitriles is 1. The molecule has 1 heterocycles. The van der Waals surface area contributed by atoms with Crippen molar-refractivity contribution in [1.29, 1.82) is 5.26 Å². The van der Waals surface area contributed by atoms with Crippen molar-refractivity contribution in [3.63, 3.8) is 0 Å². The van der Waals surface area contributed by atoms with Crippen molar-refractivity contribution in [2.75, 3.05) is 10.2 Å². The van der Waals surface area contributed by atoms with E-state index in [2.05, 4.69) is 5.32 Å². The molecule has 0 aliphatic carbocycles. The number of hydrogen-bond donors (Lipinski definition) is 1. The SMILES string of the molecule is Cc1ccc(C)c(NC(=O)C(C#N)=C2C(=O)N(C(C)C)c3ccccc32)c1. The van der Waals surface area contributed by atoms with Crippen LogP contribution in [0.25, 0.3) is 5.57 Å². The average molecular weight is 359 g/mol. The zero-order chi connectivity index (χ0) is 19.7. The number of carbonyl (C=O) groups excluding carboxylic acids is 2. The highest BCUT2D eigenvalue weighted by molar-refractivity contribution is 6.38. The summed E-state index contributed by atoms with van der Waals surface area (Å²) >= 11 is 0. The van der Waals surface area contributed by atoms with E-state index in [-0.39, 0.29) is 23.1 Å². The number of benzene rings is 2. The van der Waals surface area contributed by atoms with Crippen LogP contribution in [0.4, 0.5) is 11.4 Å². The van der Waals surface area contributed by atoms with E-state index in [1.165, 1.54) is 0 Å². The lowest BCUT2D eigenvalue weighted by molar-refractivity contribution is -0.115. The lowest BCUT2D eigenvalue weighted by Crippen LogP contribution is -2.33. The number of rotatable bonds is 3. The minimum atomic E-state index is -0.574. The maximum Gasteiger partial charge on any atom is 0.267 e. The Labute approximate surface area is 158 Å². The monoisotopic (exact) mass is 359 g/mol. The Morgan fingerprint density at radius 1 is 1.15 bits per heavy atom. The van der Waals surface area contributed by atoms with Gasteiger partial charge in [-0.25, -0.2) is 0 Å². The zero-order valence-electron chi connectivity index (χ0n) is 15.8. The van der Waals surface area contributed by atoms with Gasteiger partial charge >= 0.3 is 0 Å². The van der Waals surface area contributed by atoms with Crippen molar-refractivity contribution in [1.82, 2.24) is 0 Å². The molecular formula is C22H21N3O2. The number of aryl methyl sites for hydroxylation is 2. The molecule has 0 saturated heterocycles. The van der Waals surface area contributed by atoms with Crippen molar-refractivity contribution >= 4 is 28.8 Å². The second-order valence-corrected chi connectivity index (χ2v) is 6.92. The van der Waals surface area contributed by atoms with E-state index in [0.29, 0.717) is 11.3 Å². The molecule has 2 amide bonds. The van der Waals surface area contributed by atoms with E-state index in [0.717, 1.165) is 16.8 Å². The molecule has 136 valence electrons. The predicted octanol–water partition coefficient (Wildman–Crippen LogP) is 3.97. The molecule has 0 radical (unpaired) electrons. The molecule has 1 aliphatic rings. The highest BCUT2D eigenvalue weighted by atomic mass is 16.2. The highest BCUT2D eigenvalue weighted by Gasteiger charge is 2.37. The van der Waals surface area contributed by atoms with E-state index in [1.807, 2.05) is 64.1 Å². The molecule has 5 nitrogen and oxygen atoms in total. The van der Waals surface area contributed by atoms with Crippen LogP contribution in [0.5, 0.6) is 0 Å². The summed E-state index contributed by atoms with van der Waals surface area (Å²) in [5.41, 5.74) is 3.84. The van der Waals surface area contributed by atoms with Gasteiger partial charge in [0.1, 0.15) is 11.6 Å². The van der Waals surface area contributed by atoms with Gasteiger partial charge in [0, 0.05) is 17.3 Å². The molecule has 27 heavy (non-hydrogen) atoms. The van der Waals surface area contributed by atoms with Gasteiger partial charge in [-0.1, -0.05) is 30.3 Å². The first-order chi connectivity index (χ1) is 12.8. The molecule has 3 rings (SSSR count). The quantitative estimate of drug-likeness (QED) is 0.665. The van der Waals surface area contributed by atoms with Crippen LogP contribution >= 0.6 is 0 Å². The maximum absolute atomic E-state index is 13.0. The van der Waals surface area contributed by atoms with Gasteiger partial charge < -0.3 is 10.2 Å². The number of amides is 2. The molecule has 1 N–H and O–H groups in total. The molecular weight excluding hydrogens is 338 g/mol. The van der Waals surface area contributed by atoms with E-state index >= 15 is 0 Å². The maximum atomic E-state index is 13.0. The van der Waals surface area contributed by atoms with E-state index < -0.39 is 5.91 Å². The fraction of sp³-hybridized carbons (Fsp3) is 0.227. The van der Waals surface area contributed by atoms with Gasteiger partial charge in [-0.05, 0) is 51.0 Å². The van der Waals surface area contributed by atoms with E-state index in [9.17, 15) is 14.9 Å². The molecule has 0 fully saturated rings. The number of anilines is 2. The minimum absolute atomic E-state index is 0.0850. The van der Waals surface area contributed by atoms with Crippen molar-refractivity contribution in [3.8, 4) is 6.07 Å². The Bertz CT molecular complexity index is 1010. The summed E-state index contributed by atoms with van der Waals surface area (Å²) in [5.74, 6) is -0.895. The third kappa shape index (κ3) is 3.22. The first-order valence-electron chi connectivity index (χ1n) is 8.81. The highest BCUT2D eigenvalue weighted by Crippen LogP contribution is 2.39. The van der Waals surface area contributed by atoms with Crippen LogP contribution < -0.4 is 10.2 Å². The van der Waals surface area contributed by atoms with Gasteiger partial charge in [0.05, 0.1) is 11.3 Å². The van der Waals surface area contributed by atoms with Crippen LogP contribution in [0.2, 0.25) is 0 Å². The summed E-state index contributed by atoms with van der Waals surface area (Å²) in [6, 6.07) is 14.8. The van der Waals surface area contributed by atoms with E-state index in [4.69, 9.17) is 0 Å². The van der Waals surface area contributed by atoms with Gasteiger partial charge in [-0.15, -0.1) is 0 Å². The molecule has 2 aromatic carbocycles. The number of nitrogens with zero attached hydrogens (tertiary/aromatic N) is 2. The Morgan fingerprint density at radius 3 is 2.52 bits per heavy atom. The molecule has 0 saturated carbocycles. The van der Waals surface area contributed by atoms with Gasteiger partial charge in [-0.3, -0.25) is 9.59 Å². The molecule has 2 aromatic rings. The van der Waals surface area contributed by atoms with Gasteiger partial charge in [-0.2, -0.15) is 5.26 Å². The topological polar surface area (TPSA) is 73.2 Å². The molecule has 1 aliphatic heterocycles. The summed E-state index contributed by atoms with van der Waals surface area (Å²) in [7, 11) is 0. The third-order valence-corrected chi connectivity index (χ3v) is 4.61. The Kier molecular flexibility index (Phi) is 4.83. The average Bonchev–Trinajstić information content (AvgIpc) is 2.91. The third-order valence-electron chi connectivity index (χ3n) is 4.61. The summed E-state index contributed by atoms with van der Waals surface area (Å²) in [4.78, 5) is 27.5. The van der Waals surface area contributed by atoms with Gasteiger partial charge in [0.2, 0.25) is 0 Å². The summed E-state index contributed by atoms with van der Waals surface area (Å²) < 4.78 is 0. The standard InChI is InChI=1S/C22H21N3O2/c1-13(2)25-19-8-6-5-7-16(19)20(22(25)27)17(12-23)21(26)24-18-11-14(3)9-10-15(18)4/h5-11,13H,1-4H3,(H,24,26). The van der Waals surface area contributed by atoms with Crippen LogP contribution in [-0.2, 0) is 9.59 Å². The van der Waals surface area contributed by atoms with Crippen LogP contribution in [0.15, 0.2) is 48.0 Å². The molecule has 0 spiro atoms. The second kappa shape index (κ2) is 7.08. The van der Waals surface area contributed by atoms with Crippen LogP contribution in [0.1, 0.15) is 30.5 Å². The fourth-order valence-electron chi connectivity index (χ4n) is 3.27. The number of para-hydroxylation sites is 1. The normalized spacial score (nSPS) is 14.8. The Hall–Kier alpha value is -3.39. The Morgan fingerprint density at radius 2 is 1.85 bits per heavy atom. The van der Waals surface area contributed by atoms with Gasteiger partial charge in [0.25, 0.3) is 11.8 Å². The smallest absolute Gasteiger partial charge is 0.267 e. The van der Waals surface area contributed by atoms with Crippen LogP contribution in [0.3, 0.4) is 0 Å². The van der Waals surface area contributed by atoms with Gasteiger partial charge in [0.15, 0.2) is 0 Å². The lowest BCUT2D eigenvalue weighted by Gasteiger charge is -2.21. The summed E-state index contributed by atoms with van der Waals surface area (Å²) in [5, 5.41) is 12.5. The van der Waals surface area contributed by atoms with E-state index in [1.54, 1.807) is 17.0 Å². The Balaban J connectivity index is 2.09. The summed E-state index contributed by atoms with van der Waals surface area (Å²) in [6.07, 6.45) is 0. The van der Waals surface area contributed by atoms with Crippen molar-refractivity contribution < 1.29 is 9.59 Å². The molecule has 0 atom stereocenters. The van der Waals surface area contributed by atoms with Crippen LogP contribution in [-0.4, -0.2) is 17.9 Å². The predicted molar refractivity (Wildman–Crippen MR) is 106 cm³/mol. The van der Waals surface area contributed by atoms with Crippen molar-refractivity contribution in [3.05, 3.63) is 64.7 Å². The molecule has 0 aromatic heterocycles. The molecule has 5 heteroatoms. The first-order valence-corrected chi connectivity index (χ1v) is 8.81. The summed E-state index contributed by atoms with van der Waals surface area (Å²) in [6.45, 7) is 7.61. The molecule has 0 bridgehead atoms. The lowest BCUT2D eigenvalue weighted by atomic mass is 10.0. The minimum Gasteiger partial charge on any atom is -0.321 e. The number of hydrogen-bond acceptors (Lipinski definition) is 3. The largest absolute Gasteiger partial charge is 0.321 e. The molecule has 0 unspecified atom stereocenters. The fourth-order valence-corrected chi connectivity index (χ4v) is 3.27. The van der Waals surface area contributed by atoms with Crippen LogP contribution in [0, 0.1) is 25.2 Å².